The van der Waals surface area contributed by atoms with Crippen molar-refractivity contribution in [3.63, 3.8) is 0 Å². The number of nitrogens with zero attached hydrogens (tertiary/aromatic N) is 3. The van der Waals surface area contributed by atoms with Crippen LogP contribution in [0.5, 0.6) is 0 Å². The van der Waals surface area contributed by atoms with E-state index in [-0.39, 0.29) is 6.10 Å². The molecule has 0 saturated heterocycles. The monoisotopic (exact) mass is 260 g/mol. The van der Waals surface area contributed by atoms with Crippen molar-refractivity contribution in [3.8, 4) is 0 Å². The maximum Gasteiger partial charge on any atom is 0.152 e. The van der Waals surface area contributed by atoms with E-state index in [2.05, 4.69) is 9.88 Å². The van der Waals surface area contributed by atoms with Crippen LogP contribution in [-0.4, -0.2) is 34.2 Å². The fourth-order valence-corrected chi connectivity index (χ4v) is 2.85. The molecule has 0 radical (unpaired) electrons. The highest BCUT2D eigenvalue weighted by Crippen LogP contribution is 2.30. The average Bonchev–Trinajstić information content (AvgIpc) is 2.75. The summed E-state index contributed by atoms with van der Waals surface area (Å²) in [5.41, 5.74) is 7.84. The van der Waals surface area contributed by atoms with E-state index in [4.69, 9.17) is 5.73 Å². The lowest BCUT2D eigenvalue weighted by atomic mass is 9.82. The third kappa shape index (κ3) is 2.19. The molecule has 0 aromatic carbocycles. The summed E-state index contributed by atoms with van der Waals surface area (Å²) in [6, 6.07) is 5.96. The van der Waals surface area contributed by atoms with E-state index in [1.54, 1.807) is 0 Å². The molecule has 3 rings (SSSR count). The van der Waals surface area contributed by atoms with Gasteiger partial charge in [-0.25, -0.2) is 4.98 Å². The van der Waals surface area contributed by atoms with Gasteiger partial charge in [0.1, 0.15) is 5.65 Å². The van der Waals surface area contributed by atoms with Crippen LogP contribution in [-0.2, 0) is 6.54 Å². The number of imidazole rings is 1. The van der Waals surface area contributed by atoms with Crippen LogP contribution < -0.4 is 10.6 Å². The van der Waals surface area contributed by atoms with Gasteiger partial charge in [-0.15, -0.1) is 0 Å². The third-order valence-electron chi connectivity index (χ3n) is 3.91. The van der Waals surface area contributed by atoms with Gasteiger partial charge in [0.05, 0.1) is 11.8 Å². The Morgan fingerprint density at radius 1 is 1.47 bits per heavy atom. The van der Waals surface area contributed by atoms with Crippen LogP contribution in [0.15, 0.2) is 24.4 Å². The van der Waals surface area contributed by atoms with Gasteiger partial charge in [0, 0.05) is 26.3 Å². The number of aliphatic hydroxyl groups is 1. The van der Waals surface area contributed by atoms with Crippen LogP contribution in [0.4, 0.5) is 5.82 Å². The average molecular weight is 260 g/mol. The second-order valence-corrected chi connectivity index (χ2v) is 5.39. The summed E-state index contributed by atoms with van der Waals surface area (Å²) in [6.07, 6.45) is 3.69. The van der Waals surface area contributed by atoms with E-state index >= 15 is 0 Å². The highest BCUT2D eigenvalue weighted by atomic mass is 16.3. The van der Waals surface area contributed by atoms with Crippen molar-refractivity contribution in [1.29, 1.82) is 0 Å². The molecule has 0 amide bonds. The number of hydrogen-bond donors (Lipinski definition) is 2. The zero-order chi connectivity index (χ0) is 13.4. The Kier molecular flexibility index (Phi) is 3.16. The molecule has 2 aromatic heterocycles. The van der Waals surface area contributed by atoms with Crippen LogP contribution in [0.2, 0.25) is 0 Å². The number of anilines is 1. The molecular formula is C14H20N4O. The predicted molar refractivity (Wildman–Crippen MR) is 75.1 cm³/mol. The molecule has 1 aliphatic carbocycles. The van der Waals surface area contributed by atoms with Gasteiger partial charge in [-0.05, 0) is 30.9 Å². The number of pyridine rings is 1. The van der Waals surface area contributed by atoms with Crippen molar-refractivity contribution < 1.29 is 5.11 Å². The first-order chi connectivity index (χ1) is 9.19. The normalized spacial score (nSPS) is 22.5. The van der Waals surface area contributed by atoms with Crippen molar-refractivity contribution in [2.75, 3.05) is 18.5 Å². The minimum atomic E-state index is -0.103. The zero-order valence-corrected chi connectivity index (χ0v) is 11.2. The van der Waals surface area contributed by atoms with Gasteiger partial charge in [-0.1, -0.05) is 6.07 Å². The van der Waals surface area contributed by atoms with E-state index < -0.39 is 0 Å². The Balaban J connectivity index is 1.86. The molecule has 0 bridgehead atoms. The topological polar surface area (TPSA) is 66.8 Å². The molecule has 0 spiro atoms. The maximum absolute atomic E-state index is 9.36. The highest BCUT2D eigenvalue weighted by molar-refractivity contribution is 5.55. The predicted octanol–water partition coefficient (Wildman–Crippen LogP) is 1.00. The van der Waals surface area contributed by atoms with Gasteiger partial charge in [0.25, 0.3) is 0 Å². The molecule has 1 aliphatic rings. The van der Waals surface area contributed by atoms with Crippen molar-refractivity contribution in [3.05, 3.63) is 30.1 Å². The quantitative estimate of drug-likeness (QED) is 0.860. The van der Waals surface area contributed by atoms with Gasteiger partial charge in [0.15, 0.2) is 5.82 Å². The molecule has 19 heavy (non-hydrogen) atoms. The second-order valence-electron chi connectivity index (χ2n) is 5.39. The Morgan fingerprint density at radius 3 is 2.95 bits per heavy atom. The minimum absolute atomic E-state index is 0.103. The van der Waals surface area contributed by atoms with Crippen LogP contribution in [0.1, 0.15) is 18.5 Å². The molecule has 3 N–H and O–H groups in total. The van der Waals surface area contributed by atoms with Crippen LogP contribution >= 0.6 is 0 Å². The van der Waals surface area contributed by atoms with E-state index in [1.165, 1.54) is 0 Å². The third-order valence-corrected chi connectivity index (χ3v) is 3.91. The first-order valence-electron chi connectivity index (χ1n) is 6.74. The van der Waals surface area contributed by atoms with E-state index in [1.807, 2.05) is 35.8 Å². The molecule has 1 fully saturated rings. The first-order valence-corrected chi connectivity index (χ1v) is 6.74. The Bertz CT molecular complexity index is 574. The number of aromatic nitrogens is 2. The minimum Gasteiger partial charge on any atom is -0.393 e. The summed E-state index contributed by atoms with van der Waals surface area (Å²) in [4.78, 5) is 6.82. The highest BCUT2D eigenvalue weighted by Gasteiger charge is 2.29. The smallest absolute Gasteiger partial charge is 0.152 e. The van der Waals surface area contributed by atoms with Gasteiger partial charge in [-0.3, -0.25) is 0 Å². The summed E-state index contributed by atoms with van der Waals surface area (Å²) < 4.78 is 2.04. The van der Waals surface area contributed by atoms with Gasteiger partial charge >= 0.3 is 0 Å². The van der Waals surface area contributed by atoms with Crippen molar-refractivity contribution in [1.82, 2.24) is 9.38 Å². The number of fused-ring (bicyclic) bond motifs is 1. The van der Waals surface area contributed by atoms with E-state index in [0.717, 1.165) is 36.5 Å². The summed E-state index contributed by atoms with van der Waals surface area (Å²) in [6.45, 7) is 1.39. The SMILES string of the molecule is CN(CC1CC(O)C1)c1nc2ccccn2c1CN. The Labute approximate surface area is 112 Å². The molecule has 2 aromatic rings. The number of hydrogen-bond acceptors (Lipinski definition) is 4. The maximum atomic E-state index is 9.36. The Morgan fingerprint density at radius 2 is 2.26 bits per heavy atom. The van der Waals surface area contributed by atoms with Crippen LogP contribution in [0.25, 0.3) is 5.65 Å². The first kappa shape index (κ1) is 12.4. The van der Waals surface area contributed by atoms with Crippen LogP contribution in [0.3, 0.4) is 0 Å². The van der Waals surface area contributed by atoms with Gasteiger partial charge < -0.3 is 20.1 Å². The number of nitrogens with two attached hydrogens (primary N) is 1. The molecule has 102 valence electrons. The van der Waals surface area contributed by atoms with Crippen molar-refractivity contribution >= 4 is 11.5 Å². The number of aliphatic hydroxyl groups excluding tert-OH is 1. The summed E-state index contributed by atoms with van der Waals surface area (Å²) in [5.74, 6) is 1.52. The van der Waals surface area contributed by atoms with E-state index in [9.17, 15) is 5.11 Å². The largest absolute Gasteiger partial charge is 0.393 e. The molecule has 0 unspecified atom stereocenters. The van der Waals surface area contributed by atoms with Crippen molar-refractivity contribution in [2.45, 2.75) is 25.5 Å². The lowest BCUT2D eigenvalue weighted by molar-refractivity contribution is 0.0464. The summed E-state index contributed by atoms with van der Waals surface area (Å²) in [5, 5.41) is 9.36. The standard InChI is InChI=1S/C14H20N4O/c1-17(9-10-6-11(19)7-10)14-12(8-15)18-5-3-2-4-13(18)16-14/h2-5,10-11,19H,6-9,15H2,1H3. The number of rotatable bonds is 4. The van der Waals surface area contributed by atoms with Crippen molar-refractivity contribution in [2.24, 2.45) is 11.7 Å². The molecule has 1 saturated carbocycles. The second kappa shape index (κ2) is 4.83. The fraction of sp³-hybridized carbons (Fsp3) is 0.500. The lowest BCUT2D eigenvalue weighted by Gasteiger charge is -2.34. The molecule has 2 heterocycles. The zero-order valence-electron chi connectivity index (χ0n) is 11.2. The fourth-order valence-electron chi connectivity index (χ4n) is 2.85. The van der Waals surface area contributed by atoms with Gasteiger partial charge in [0.2, 0.25) is 0 Å². The molecule has 5 heteroatoms. The molecule has 5 nitrogen and oxygen atoms in total. The molecule has 0 atom stereocenters. The summed E-state index contributed by atoms with van der Waals surface area (Å²) >= 11 is 0. The summed E-state index contributed by atoms with van der Waals surface area (Å²) in [7, 11) is 2.05. The van der Waals surface area contributed by atoms with Crippen LogP contribution in [0, 0.1) is 5.92 Å². The lowest BCUT2D eigenvalue weighted by Crippen LogP contribution is -2.37. The molecule has 0 aliphatic heterocycles. The Hall–Kier alpha value is -1.59. The van der Waals surface area contributed by atoms with Gasteiger partial charge in [-0.2, -0.15) is 0 Å². The van der Waals surface area contributed by atoms with E-state index in [0.29, 0.717) is 12.5 Å². The molecular weight excluding hydrogens is 240 g/mol.